The molecule has 0 atom stereocenters. The summed E-state index contributed by atoms with van der Waals surface area (Å²) in [6.07, 6.45) is 6.76. The number of benzene rings is 1. The number of fused-ring (bicyclic) bond motifs is 1. The van der Waals surface area contributed by atoms with E-state index >= 15 is 0 Å². The second-order valence-electron chi connectivity index (χ2n) is 8.05. The SMILES string of the molecule is Cn1c(=O)n(CC(=O)N2CCCCCC2)c(=O)c2cc(S(=O)(=O)Nc3cccnc3)ccc21. The Balaban J connectivity index is 1.73. The van der Waals surface area contributed by atoms with Crippen LogP contribution < -0.4 is 16.0 Å². The molecule has 174 valence electrons. The molecule has 10 nitrogen and oxygen atoms in total. The van der Waals surface area contributed by atoms with Gasteiger partial charge in [-0.25, -0.2) is 13.2 Å². The zero-order chi connectivity index (χ0) is 23.6. The van der Waals surface area contributed by atoms with Crippen molar-refractivity contribution in [3.8, 4) is 0 Å². The largest absolute Gasteiger partial charge is 0.341 e. The van der Waals surface area contributed by atoms with E-state index in [1.54, 1.807) is 17.0 Å². The number of pyridine rings is 1. The first-order valence-electron chi connectivity index (χ1n) is 10.7. The van der Waals surface area contributed by atoms with E-state index in [1.807, 2.05) is 0 Å². The fourth-order valence-corrected chi connectivity index (χ4v) is 5.06. The number of aryl methyl sites for hydroxylation is 1. The summed E-state index contributed by atoms with van der Waals surface area (Å²) in [7, 11) is -2.52. The van der Waals surface area contributed by atoms with Crippen molar-refractivity contribution >= 4 is 32.5 Å². The van der Waals surface area contributed by atoms with Gasteiger partial charge in [0.2, 0.25) is 5.91 Å². The number of amides is 1. The third-order valence-electron chi connectivity index (χ3n) is 5.80. The van der Waals surface area contributed by atoms with E-state index < -0.39 is 21.3 Å². The van der Waals surface area contributed by atoms with Gasteiger partial charge < -0.3 is 4.90 Å². The topological polar surface area (TPSA) is 123 Å². The van der Waals surface area contributed by atoms with Crippen LogP contribution in [-0.4, -0.2) is 46.4 Å². The van der Waals surface area contributed by atoms with Crippen molar-refractivity contribution in [2.24, 2.45) is 7.05 Å². The van der Waals surface area contributed by atoms with Gasteiger partial charge in [-0.05, 0) is 43.2 Å². The Morgan fingerprint density at radius 3 is 2.48 bits per heavy atom. The molecule has 2 aromatic heterocycles. The lowest BCUT2D eigenvalue weighted by molar-refractivity contribution is -0.131. The quantitative estimate of drug-likeness (QED) is 0.598. The third kappa shape index (κ3) is 4.68. The number of carbonyl (C=O) groups is 1. The number of anilines is 1. The minimum Gasteiger partial charge on any atom is -0.341 e. The summed E-state index contributed by atoms with van der Waals surface area (Å²) in [4.78, 5) is 44.2. The molecule has 0 saturated carbocycles. The standard InChI is InChI=1S/C22H25N5O5S/c1-25-19-9-8-17(33(31,32)24-16-7-6-10-23-14-16)13-18(19)21(29)27(22(25)30)15-20(28)26-11-4-2-3-5-12-26/h6-10,13-14,24H,2-5,11-12,15H2,1H3. The number of aromatic nitrogens is 3. The Bertz CT molecular complexity index is 1400. The molecular formula is C22H25N5O5S. The molecule has 0 aliphatic carbocycles. The maximum absolute atomic E-state index is 13.2. The summed E-state index contributed by atoms with van der Waals surface area (Å²) in [5.74, 6) is -0.294. The molecule has 0 radical (unpaired) electrons. The van der Waals surface area contributed by atoms with Crippen LogP contribution in [0.1, 0.15) is 25.7 Å². The summed E-state index contributed by atoms with van der Waals surface area (Å²) in [5, 5.41) is 0.0369. The number of likely N-dealkylation sites (tertiary alicyclic amines) is 1. The van der Waals surface area contributed by atoms with Gasteiger partial charge in [0.25, 0.3) is 15.6 Å². The molecule has 1 aromatic carbocycles. The minimum atomic E-state index is -4.00. The summed E-state index contributed by atoms with van der Waals surface area (Å²) in [6.45, 7) is 0.820. The molecular weight excluding hydrogens is 446 g/mol. The lowest BCUT2D eigenvalue weighted by Crippen LogP contribution is -2.44. The van der Waals surface area contributed by atoms with Crippen LogP contribution in [0.5, 0.6) is 0 Å². The molecule has 11 heteroatoms. The number of hydrogen-bond donors (Lipinski definition) is 1. The van der Waals surface area contributed by atoms with Crippen LogP contribution in [0, 0.1) is 0 Å². The highest BCUT2D eigenvalue weighted by atomic mass is 32.2. The Labute approximate surface area is 190 Å². The predicted octanol–water partition coefficient (Wildman–Crippen LogP) is 1.30. The van der Waals surface area contributed by atoms with Crippen molar-refractivity contribution in [3.63, 3.8) is 0 Å². The molecule has 0 unspecified atom stereocenters. The maximum atomic E-state index is 13.2. The molecule has 1 saturated heterocycles. The lowest BCUT2D eigenvalue weighted by Gasteiger charge is -2.21. The average molecular weight is 472 g/mol. The normalized spacial score (nSPS) is 14.8. The van der Waals surface area contributed by atoms with Crippen LogP contribution in [-0.2, 0) is 28.4 Å². The molecule has 0 bridgehead atoms. The van der Waals surface area contributed by atoms with Gasteiger partial charge in [0.05, 0.1) is 27.7 Å². The highest BCUT2D eigenvalue weighted by Crippen LogP contribution is 2.19. The van der Waals surface area contributed by atoms with Crippen molar-refractivity contribution in [1.82, 2.24) is 19.0 Å². The highest BCUT2D eigenvalue weighted by Gasteiger charge is 2.21. The average Bonchev–Trinajstić information content (AvgIpc) is 3.10. The van der Waals surface area contributed by atoms with Crippen molar-refractivity contribution in [2.45, 2.75) is 37.1 Å². The number of nitrogens with one attached hydrogen (secondary N) is 1. The van der Waals surface area contributed by atoms with Gasteiger partial charge in [0, 0.05) is 26.3 Å². The van der Waals surface area contributed by atoms with Gasteiger partial charge in [-0.1, -0.05) is 12.8 Å². The molecule has 1 aliphatic rings. The molecule has 1 amide bonds. The number of nitrogens with zero attached hydrogens (tertiary/aromatic N) is 4. The molecule has 1 N–H and O–H groups in total. The molecule has 33 heavy (non-hydrogen) atoms. The first-order chi connectivity index (χ1) is 15.8. The summed E-state index contributed by atoms with van der Waals surface area (Å²) in [6, 6.07) is 7.11. The highest BCUT2D eigenvalue weighted by molar-refractivity contribution is 7.92. The molecule has 4 rings (SSSR count). The summed E-state index contributed by atoms with van der Waals surface area (Å²) in [5.41, 5.74) is -0.767. The first kappa shape index (κ1) is 22.7. The molecule has 1 aliphatic heterocycles. The van der Waals surface area contributed by atoms with Crippen molar-refractivity contribution in [2.75, 3.05) is 17.8 Å². The lowest BCUT2D eigenvalue weighted by atomic mass is 10.2. The van der Waals surface area contributed by atoms with Crippen LogP contribution in [0.25, 0.3) is 10.9 Å². The van der Waals surface area contributed by atoms with Crippen LogP contribution in [0.2, 0.25) is 0 Å². The van der Waals surface area contributed by atoms with Gasteiger partial charge in [0.1, 0.15) is 6.54 Å². The number of hydrogen-bond acceptors (Lipinski definition) is 6. The zero-order valence-corrected chi connectivity index (χ0v) is 19.0. The Morgan fingerprint density at radius 1 is 1.09 bits per heavy atom. The molecule has 3 heterocycles. The number of carbonyl (C=O) groups excluding carboxylic acids is 1. The summed E-state index contributed by atoms with van der Waals surface area (Å²) >= 11 is 0. The Morgan fingerprint density at radius 2 is 1.82 bits per heavy atom. The van der Waals surface area contributed by atoms with Crippen LogP contribution in [0.3, 0.4) is 0 Å². The fourth-order valence-electron chi connectivity index (χ4n) is 3.99. The fraction of sp³-hybridized carbons (Fsp3) is 0.364. The molecule has 0 spiro atoms. The van der Waals surface area contributed by atoms with Crippen molar-refractivity contribution < 1.29 is 13.2 Å². The van der Waals surface area contributed by atoms with Crippen molar-refractivity contribution in [1.29, 1.82) is 0 Å². The predicted molar refractivity (Wildman–Crippen MR) is 124 cm³/mol. The van der Waals surface area contributed by atoms with E-state index in [9.17, 15) is 22.8 Å². The van der Waals surface area contributed by atoms with Gasteiger partial charge >= 0.3 is 5.69 Å². The Hall–Kier alpha value is -3.47. The van der Waals surface area contributed by atoms with Crippen LogP contribution in [0.15, 0.2) is 57.2 Å². The second-order valence-corrected chi connectivity index (χ2v) is 9.74. The van der Waals surface area contributed by atoms with E-state index in [0.29, 0.717) is 13.1 Å². The maximum Gasteiger partial charge on any atom is 0.331 e. The van der Waals surface area contributed by atoms with Gasteiger partial charge in [-0.15, -0.1) is 0 Å². The van der Waals surface area contributed by atoms with Crippen molar-refractivity contribution in [3.05, 3.63) is 63.6 Å². The van der Waals surface area contributed by atoms with E-state index in [2.05, 4.69) is 9.71 Å². The first-order valence-corrected chi connectivity index (χ1v) is 12.2. The Kier molecular flexibility index (Phi) is 6.32. The zero-order valence-electron chi connectivity index (χ0n) is 18.2. The van der Waals surface area contributed by atoms with Gasteiger partial charge in [-0.3, -0.25) is 28.4 Å². The van der Waals surface area contributed by atoms with E-state index in [1.165, 1.54) is 42.2 Å². The van der Waals surface area contributed by atoms with Gasteiger partial charge in [0.15, 0.2) is 0 Å². The van der Waals surface area contributed by atoms with E-state index in [4.69, 9.17) is 0 Å². The summed E-state index contributed by atoms with van der Waals surface area (Å²) < 4.78 is 30.2. The smallest absolute Gasteiger partial charge is 0.331 e. The minimum absolute atomic E-state index is 0.0369. The van der Waals surface area contributed by atoms with E-state index in [0.717, 1.165) is 30.3 Å². The van der Waals surface area contributed by atoms with E-state index in [-0.39, 0.29) is 33.9 Å². The third-order valence-corrected chi connectivity index (χ3v) is 7.18. The van der Waals surface area contributed by atoms with Crippen LogP contribution in [0.4, 0.5) is 5.69 Å². The second kappa shape index (κ2) is 9.18. The van der Waals surface area contributed by atoms with Gasteiger partial charge in [-0.2, -0.15) is 0 Å². The molecule has 3 aromatic rings. The molecule has 1 fully saturated rings. The number of rotatable bonds is 5. The monoisotopic (exact) mass is 471 g/mol. The van der Waals surface area contributed by atoms with Crippen LogP contribution >= 0.6 is 0 Å². The number of sulfonamides is 1.